The maximum absolute atomic E-state index is 12.3. The minimum Gasteiger partial charge on any atom is -0.325 e. The molecular weight excluding hydrogens is 340 g/mol. The van der Waals surface area contributed by atoms with Gasteiger partial charge in [-0.2, -0.15) is 0 Å². The van der Waals surface area contributed by atoms with E-state index in [0.29, 0.717) is 24.6 Å². The summed E-state index contributed by atoms with van der Waals surface area (Å²) in [4.78, 5) is 26.6. The summed E-state index contributed by atoms with van der Waals surface area (Å²) in [5.41, 5.74) is 7.31. The molecule has 0 aliphatic carbocycles. The Balaban J connectivity index is 1.80. The molecule has 0 spiro atoms. The topological polar surface area (TPSA) is 87.5 Å². The number of hydrogen-bond donors (Lipinski definition) is 3. The first-order valence-electron chi connectivity index (χ1n) is 10.1. The van der Waals surface area contributed by atoms with Crippen molar-refractivity contribution in [1.29, 1.82) is 0 Å². The number of nitrogens with one attached hydrogen (secondary N) is 2. The van der Waals surface area contributed by atoms with Gasteiger partial charge in [0.1, 0.15) is 0 Å². The predicted molar refractivity (Wildman–Crippen MR) is 111 cm³/mol. The van der Waals surface area contributed by atoms with E-state index < -0.39 is 6.04 Å². The van der Waals surface area contributed by atoms with Gasteiger partial charge in [0, 0.05) is 11.4 Å². The Morgan fingerprint density at radius 2 is 1.48 bits per heavy atom. The second-order valence-corrected chi connectivity index (χ2v) is 7.89. The van der Waals surface area contributed by atoms with Crippen LogP contribution in [-0.2, 0) is 9.59 Å². The summed E-state index contributed by atoms with van der Waals surface area (Å²) in [7, 11) is 0. The van der Waals surface area contributed by atoms with Crippen LogP contribution in [-0.4, -0.2) is 42.4 Å². The van der Waals surface area contributed by atoms with Crippen molar-refractivity contribution in [2.24, 2.45) is 11.7 Å². The summed E-state index contributed by atoms with van der Waals surface area (Å²) in [6.07, 6.45) is 6.81. The van der Waals surface area contributed by atoms with Crippen molar-refractivity contribution in [3.8, 4) is 0 Å². The highest BCUT2D eigenvalue weighted by molar-refractivity contribution is 5.95. The molecule has 0 bridgehead atoms. The van der Waals surface area contributed by atoms with Crippen LogP contribution in [0.25, 0.3) is 0 Å². The van der Waals surface area contributed by atoms with Gasteiger partial charge in [0.25, 0.3) is 0 Å². The largest absolute Gasteiger partial charge is 0.325 e. The van der Waals surface area contributed by atoms with Gasteiger partial charge in [0.05, 0.1) is 12.6 Å². The molecule has 1 aliphatic rings. The molecule has 1 saturated heterocycles. The van der Waals surface area contributed by atoms with E-state index in [9.17, 15) is 9.59 Å². The number of carbonyl (C=O) groups is 2. The van der Waals surface area contributed by atoms with Gasteiger partial charge in [0.2, 0.25) is 11.8 Å². The van der Waals surface area contributed by atoms with Crippen LogP contribution in [0.2, 0.25) is 0 Å². The average Bonchev–Trinajstić information content (AvgIpc) is 2.58. The molecule has 0 unspecified atom stereocenters. The van der Waals surface area contributed by atoms with Crippen LogP contribution in [0.4, 0.5) is 11.4 Å². The Morgan fingerprint density at radius 3 is 2.04 bits per heavy atom. The number of hydrogen-bond acceptors (Lipinski definition) is 4. The fourth-order valence-corrected chi connectivity index (χ4v) is 3.36. The van der Waals surface area contributed by atoms with Gasteiger partial charge in [-0.25, -0.2) is 0 Å². The van der Waals surface area contributed by atoms with Crippen LogP contribution in [0, 0.1) is 5.92 Å². The summed E-state index contributed by atoms with van der Waals surface area (Å²) in [6, 6.07) is 6.66. The Bertz CT molecular complexity index is 593. The predicted octanol–water partition coefficient (Wildman–Crippen LogP) is 3.20. The lowest BCUT2D eigenvalue weighted by Gasteiger charge is -2.23. The third-order valence-corrected chi connectivity index (χ3v) is 4.81. The highest BCUT2D eigenvalue weighted by atomic mass is 16.2. The Kier molecular flexibility index (Phi) is 8.75. The first-order chi connectivity index (χ1) is 12.9. The molecule has 4 N–H and O–H groups in total. The molecule has 6 heteroatoms. The van der Waals surface area contributed by atoms with E-state index in [1.54, 1.807) is 24.3 Å². The number of nitrogens with two attached hydrogens (primary N) is 1. The normalized spacial score (nSPS) is 17.0. The second-order valence-electron chi connectivity index (χ2n) is 7.89. The molecule has 1 aromatic carbocycles. The van der Waals surface area contributed by atoms with Gasteiger partial charge < -0.3 is 16.4 Å². The molecule has 27 heavy (non-hydrogen) atoms. The third-order valence-electron chi connectivity index (χ3n) is 4.81. The molecule has 6 nitrogen and oxygen atoms in total. The van der Waals surface area contributed by atoms with Crippen LogP contribution < -0.4 is 16.4 Å². The first kappa shape index (κ1) is 21.4. The van der Waals surface area contributed by atoms with Crippen LogP contribution in [0.3, 0.4) is 0 Å². The molecule has 2 amide bonds. The van der Waals surface area contributed by atoms with Gasteiger partial charge in [-0.3, -0.25) is 14.5 Å². The number of anilines is 2. The number of rotatable bonds is 7. The minimum atomic E-state index is -0.512. The van der Waals surface area contributed by atoms with Crippen molar-refractivity contribution >= 4 is 23.2 Å². The molecule has 150 valence electrons. The van der Waals surface area contributed by atoms with Gasteiger partial charge in [0.15, 0.2) is 0 Å². The lowest BCUT2D eigenvalue weighted by atomic mass is 10.0. The van der Waals surface area contributed by atoms with Crippen molar-refractivity contribution in [3.63, 3.8) is 0 Å². The molecule has 1 aromatic rings. The quantitative estimate of drug-likeness (QED) is 0.684. The zero-order valence-corrected chi connectivity index (χ0v) is 16.7. The Labute approximate surface area is 162 Å². The fraction of sp³-hybridized carbons (Fsp3) is 0.619. The molecule has 0 radical (unpaired) electrons. The van der Waals surface area contributed by atoms with E-state index in [4.69, 9.17) is 5.73 Å². The first-order valence-corrected chi connectivity index (χ1v) is 10.1. The number of carbonyl (C=O) groups excluding carboxylic acids is 2. The lowest BCUT2D eigenvalue weighted by Crippen LogP contribution is -2.36. The summed E-state index contributed by atoms with van der Waals surface area (Å²) in [6.45, 7) is 6.50. The zero-order chi connectivity index (χ0) is 19.6. The summed E-state index contributed by atoms with van der Waals surface area (Å²) < 4.78 is 0. The lowest BCUT2D eigenvalue weighted by molar-refractivity contribution is -0.118. The van der Waals surface area contributed by atoms with Crippen molar-refractivity contribution < 1.29 is 9.59 Å². The Hall–Kier alpha value is -1.92. The van der Waals surface area contributed by atoms with Crippen molar-refractivity contribution in [2.75, 3.05) is 30.3 Å². The Morgan fingerprint density at radius 1 is 0.963 bits per heavy atom. The zero-order valence-electron chi connectivity index (χ0n) is 16.7. The van der Waals surface area contributed by atoms with Gasteiger partial charge in [-0.05, 0) is 62.5 Å². The molecule has 1 aliphatic heterocycles. The number of amides is 2. The van der Waals surface area contributed by atoms with E-state index in [1.807, 2.05) is 13.8 Å². The third kappa shape index (κ3) is 8.10. The van der Waals surface area contributed by atoms with Crippen molar-refractivity contribution in [1.82, 2.24) is 4.90 Å². The maximum Gasteiger partial charge on any atom is 0.241 e. The van der Waals surface area contributed by atoms with Gasteiger partial charge >= 0.3 is 0 Å². The molecule has 0 aromatic heterocycles. The monoisotopic (exact) mass is 374 g/mol. The molecule has 1 fully saturated rings. The van der Waals surface area contributed by atoms with E-state index >= 15 is 0 Å². The van der Waals surface area contributed by atoms with Crippen LogP contribution in [0.15, 0.2) is 24.3 Å². The van der Waals surface area contributed by atoms with E-state index in [-0.39, 0.29) is 11.8 Å². The van der Waals surface area contributed by atoms with Gasteiger partial charge in [-0.15, -0.1) is 0 Å². The fourth-order valence-electron chi connectivity index (χ4n) is 3.36. The van der Waals surface area contributed by atoms with E-state index in [2.05, 4.69) is 15.5 Å². The van der Waals surface area contributed by atoms with E-state index in [0.717, 1.165) is 18.8 Å². The van der Waals surface area contributed by atoms with Gasteiger partial charge in [-0.1, -0.05) is 33.1 Å². The summed E-state index contributed by atoms with van der Waals surface area (Å²) in [5, 5.41) is 5.76. The highest BCUT2D eigenvalue weighted by Gasteiger charge is 2.15. The summed E-state index contributed by atoms with van der Waals surface area (Å²) >= 11 is 0. The number of nitrogens with zero attached hydrogens (tertiary/aromatic N) is 1. The average molecular weight is 375 g/mol. The molecular formula is C21H34N4O2. The summed E-state index contributed by atoms with van der Waals surface area (Å²) in [5.74, 6) is 0.195. The minimum absolute atomic E-state index is 0.00585. The van der Waals surface area contributed by atoms with Crippen molar-refractivity contribution in [3.05, 3.63) is 24.3 Å². The van der Waals surface area contributed by atoms with Crippen LogP contribution >= 0.6 is 0 Å². The SMILES string of the molecule is CC(C)C[C@H](N)C(=O)Nc1ccc(NC(=O)CN2CCCCCCC2)cc1. The van der Waals surface area contributed by atoms with Crippen LogP contribution in [0.5, 0.6) is 0 Å². The van der Waals surface area contributed by atoms with Crippen molar-refractivity contribution in [2.45, 2.75) is 58.4 Å². The number of benzene rings is 1. The highest BCUT2D eigenvalue weighted by Crippen LogP contribution is 2.15. The molecule has 2 rings (SSSR count). The standard InChI is InChI=1S/C21H34N4O2/c1-16(2)14-19(22)21(27)24-18-10-8-17(9-11-18)23-20(26)15-25-12-6-4-3-5-7-13-25/h8-11,16,19H,3-7,12-15,22H2,1-2H3,(H,23,26)(H,24,27)/t19-/m0/s1. The smallest absolute Gasteiger partial charge is 0.241 e. The maximum atomic E-state index is 12.3. The van der Waals surface area contributed by atoms with E-state index in [1.165, 1.54) is 32.1 Å². The molecule has 1 atom stereocenters. The molecule has 0 saturated carbocycles. The molecule has 1 heterocycles. The second kappa shape index (κ2) is 11.0. The number of likely N-dealkylation sites (tertiary alicyclic amines) is 1. The van der Waals surface area contributed by atoms with Crippen LogP contribution in [0.1, 0.15) is 52.4 Å².